The molecule has 0 aliphatic carbocycles. The molecule has 0 saturated carbocycles. The smallest absolute Gasteiger partial charge is 0.387 e. The molecule has 0 amide bonds. The van der Waals surface area contributed by atoms with E-state index in [2.05, 4.69) is 47.8 Å². The van der Waals surface area contributed by atoms with E-state index in [-0.39, 0.29) is 11.6 Å². The molecule has 0 aliphatic rings. The molecule has 0 atom stereocenters. The molecule has 4 aromatic rings. The summed E-state index contributed by atoms with van der Waals surface area (Å²) in [7, 11) is 0. The molecule has 0 spiro atoms. The van der Waals surface area contributed by atoms with E-state index in [1.807, 2.05) is 24.3 Å². The van der Waals surface area contributed by atoms with Crippen molar-refractivity contribution in [2.45, 2.75) is 58.5 Å². The van der Waals surface area contributed by atoms with Gasteiger partial charge in [0.2, 0.25) is 0 Å². The van der Waals surface area contributed by atoms with Gasteiger partial charge in [-0.25, -0.2) is 4.39 Å². The standard InChI is InChI=1S/C33H31F3O/c1-2-3-4-5-6-24-7-9-25(10-8-24)11-12-27-16-22-31-29(23-27)19-18-28(32(31)34)17-13-26-14-20-30(21-15-26)37-33(35)36/h7-10,14-16,18-23,33H,2-6,11-12H2,1H3. The van der Waals surface area contributed by atoms with Gasteiger partial charge < -0.3 is 4.74 Å². The van der Waals surface area contributed by atoms with Crippen molar-refractivity contribution in [1.29, 1.82) is 0 Å². The van der Waals surface area contributed by atoms with Gasteiger partial charge in [0.05, 0.1) is 5.56 Å². The molecule has 4 heteroatoms. The van der Waals surface area contributed by atoms with Crippen molar-refractivity contribution in [3.63, 3.8) is 0 Å². The molecular formula is C33H31F3O. The van der Waals surface area contributed by atoms with Crippen molar-refractivity contribution in [2.24, 2.45) is 0 Å². The summed E-state index contributed by atoms with van der Waals surface area (Å²) >= 11 is 0. The Morgan fingerprint density at radius 2 is 1.38 bits per heavy atom. The molecule has 0 bridgehead atoms. The van der Waals surface area contributed by atoms with Crippen molar-refractivity contribution in [3.05, 3.63) is 112 Å². The van der Waals surface area contributed by atoms with E-state index in [0.717, 1.165) is 24.6 Å². The topological polar surface area (TPSA) is 9.23 Å². The number of benzene rings is 4. The summed E-state index contributed by atoms with van der Waals surface area (Å²) in [5.74, 6) is 5.44. The monoisotopic (exact) mass is 500 g/mol. The molecule has 0 N–H and O–H groups in total. The van der Waals surface area contributed by atoms with Gasteiger partial charge in [0.1, 0.15) is 11.6 Å². The molecule has 37 heavy (non-hydrogen) atoms. The number of ether oxygens (including phenoxy) is 1. The predicted octanol–water partition coefficient (Wildman–Crippen LogP) is 8.89. The first-order chi connectivity index (χ1) is 18.0. The van der Waals surface area contributed by atoms with Crippen LogP contribution in [0.1, 0.15) is 60.4 Å². The lowest BCUT2D eigenvalue weighted by Crippen LogP contribution is -2.01. The lowest BCUT2D eigenvalue weighted by Gasteiger charge is -2.07. The lowest BCUT2D eigenvalue weighted by atomic mass is 9.98. The van der Waals surface area contributed by atoms with Crippen molar-refractivity contribution in [3.8, 4) is 17.6 Å². The van der Waals surface area contributed by atoms with Gasteiger partial charge >= 0.3 is 6.61 Å². The SMILES string of the molecule is CCCCCCc1ccc(CCc2ccc3c(F)c(C#Cc4ccc(OC(F)F)cc4)ccc3c2)cc1. The van der Waals surface area contributed by atoms with E-state index in [4.69, 9.17) is 0 Å². The summed E-state index contributed by atoms with van der Waals surface area (Å²) in [6, 6.07) is 24.3. The first-order valence-electron chi connectivity index (χ1n) is 12.9. The highest BCUT2D eigenvalue weighted by Gasteiger charge is 2.08. The molecule has 4 rings (SSSR count). The molecule has 0 saturated heterocycles. The Kier molecular flexibility index (Phi) is 9.27. The molecule has 0 aliphatic heterocycles. The zero-order valence-corrected chi connectivity index (χ0v) is 21.1. The molecule has 0 heterocycles. The molecular weight excluding hydrogens is 469 g/mol. The highest BCUT2D eigenvalue weighted by atomic mass is 19.3. The third-order valence-corrected chi connectivity index (χ3v) is 6.48. The summed E-state index contributed by atoms with van der Waals surface area (Å²) in [5.41, 5.74) is 4.75. The Hall–Kier alpha value is -3.71. The van der Waals surface area contributed by atoms with Crippen LogP contribution in [0.2, 0.25) is 0 Å². The molecule has 1 nitrogen and oxygen atoms in total. The highest BCUT2D eigenvalue weighted by Crippen LogP contribution is 2.23. The van der Waals surface area contributed by atoms with Gasteiger partial charge in [0, 0.05) is 10.9 Å². The van der Waals surface area contributed by atoms with Crippen LogP contribution in [0.3, 0.4) is 0 Å². The Labute approximate surface area is 217 Å². The minimum absolute atomic E-state index is 0.0584. The van der Waals surface area contributed by atoms with E-state index in [9.17, 15) is 8.78 Å². The fraction of sp³-hybridized carbons (Fsp3) is 0.273. The van der Waals surface area contributed by atoms with E-state index < -0.39 is 6.61 Å². The van der Waals surface area contributed by atoms with E-state index in [1.165, 1.54) is 54.5 Å². The second-order valence-electron chi connectivity index (χ2n) is 9.26. The number of aryl methyl sites for hydroxylation is 3. The third-order valence-electron chi connectivity index (χ3n) is 6.48. The van der Waals surface area contributed by atoms with Crippen molar-refractivity contribution in [2.75, 3.05) is 0 Å². The van der Waals surface area contributed by atoms with Crippen LogP contribution in [0.15, 0.2) is 78.9 Å². The van der Waals surface area contributed by atoms with Crippen LogP contribution in [0.5, 0.6) is 5.75 Å². The van der Waals surface area contributed by atoms with Crippen LogP contribution in [-0.2, 0) is 19.3 Å². The van der Waals surface area contributed by atoms with Crippen LogP contribution in [0.25, 0.3) is 10.8 Å². The maximum Gasteiger partial charge on any atom is 0.387 e. The van der Waals surface area contributed by atoms with Gasteiger partial charge in [-0.05, 0) is 78.1 Å². The van der Waals surface area contributed by atoms with Gasteiger partial charge in [-0.1, -0.05) is 86.6 Å². The largest absolute Gasteiger partial charge is 0.435 e. The quantitative estimate of drug-likeness (QED) is 0.156. The number of hydrogen-bond acceptors (Lipinski definition) is 1. The molecule has 0 radical (unpaired) electrons. The summed E-state index contributed by atoms with van der Waals surface area (Å²) in [5, 5.41) is 1.38. The van der Waals surface area contributed by atoms with Crippen LogP contribution < -0.4 is 4.74 Å². The highest BCUT2D eigenvalue weighted by molar-refractivity contribution is 5.85. The number of alkyl halides is 2. The van der Waals surface area contributed by atoms with E-state index >= 15 is 4.39 Å². The van der Waals surface area contributed by atoms with Crippen LogP contribution in [0.4, 0.5) is 13.2 Å². The summed E-state index contributed by atoms with van der Waals surface area (Å²) in [4.78, 5) is 0. The van der Waals surface area contributed by atoms with Crippen LogP contribution in [0, 0.1) is 17.7 Å². The first kappa shape index (κ1) is 26.4. The average Bonchev–Trinajstić information content (AvgIpc) is 2.91. The maximum absolute atomic E-state index is 15.1. The van der Waals surface area contributed by atoms with Gasteiger partial charge in [-0.2, -0.15) is 8.78 Å². The predicted molar refractivity (Wildman–Crippen MR) is 145 cm³/mol. The Morgan fingerprint density at radius 3 is 2.08 bits per heavy atom. The molecule has 0 fully saturated rings. The van der Waals surface area contributed by atoms with Crippen molar-refractivity contribution >= 4 is 10.8 Å². The molecule has 4 aromatic carbocycles. The summed E-state index contributed by atoms with van der Waals surface area (Å²) in [6.07, 6.45) is 8.08. The van der Waals surface area contributed by atoms with Crippen LogP contribution >= 0.6 is 0 Å². The van der Waals surface area contributed by atoms with E-state index in [0.29, 0.717) is 16.5 Å². The van der Waals surface area contributed by atoms with Gasteiger partial charge in [0.25, 0.3) is 0 Å². The summed E-state index contributed by atoms with van der Waals surface area (Å²) in [6.45, 7) is -0.642. The first-order valence-corrected chi connectivity index (χ1v) is 12.9. The number of unbranched alkanes of at least 4 members (excludes halogenated alkanes) is 3. The minimum Gasteiger partial charge on any atom is -0.435 e. The molecule has 0 aromatic heterocycles. The summed E-state index contributed by atoms with van der Waals surface area (Å²) < 4.78 is 44.0. The molecule has 0 unspecified atom stereocenters. The van der Waals surface area contributed by atoms with Crippen molar-refractivity contribution in [1.82, 2.24) is 0 Å². The van der Waals surface area contributed by atoms with Crippen molar-refractivity contribution < 1.29 is 17.9 Å². The normalized spacial score (nSPS) is 10.9. The zero-order chi connectivity index (χ0) is 26.0. The van der Waals surface area contributed by atoms with E-state index in [1.54, 1.807) is 18.2 Å². The third kappa shape index (κ3) is 7.64. The maximum atomic E-state index is 15.1. The Bertz CT molecular complexity index is 1360. The second-order valence-corrected chi connectivity index (χ2v) is 9.26. The number of rotatable bonds is 10. The number of fused-ring (bicyclic) bond motifs is 1. The molecule has 190 valence electrons. The van der Waals surface area contributed by atoms with Gasteiger partial charge in [0.15, 0.2) is 0 Å². The fourth-order valence-electron chi connectivity index (χ4n) is 4.37. The second kappa shape index (κ2) is 13.0. The number of halogens is 3. The Morgan fingerprint density at radius 1 is 0.703 bits per heavy atom. The van der Waals surface area contributed by atoms with Crippen LogP contribution in [-0.4, -0.2) is 6.61 Å². The number of hydrogen-bond donors (Lipinski definition) is 0. The zero-order valence-electron chi connectivity index (χ0n) is 21.1. The minimum atomic E-state index is -2.87. The average molecular weight is 501 g/mol. The van der Waals surface area contributed by atoms with Gasteiger partial charge in [-0.3, -0.25) is 0 Å². The fourth-order valence-corrected chi connectivity index (χ4v) is 4.37. The lowest BCUT2D eigenvalue weighted by molar-refractivity contribution is -0.0498. The Balaban J connectivity index is 1.38. The van der Waals surface area contributed by atoms with Gasteiger partial charge in [-0.15, -0.1) is 0 Å².